The highest BCUT2D eigenvalue weighted by atomic mass is 32.2. The number of piperidine rings is 1. The van der Waals surface area contributed by atoms with Gasteiger partial charge in [-0.15, -0.1) is 0 Å². The third kappa shape index (κ3) is 4.63. The van der Waals surface area contributed by atoms with Crippen LogP contribution in [0.1, 0.15) is 24.4 Å². The van der Waals surface area contributed by atoms with Crippen LogP contribution in [-0.2, 0) is 20.8 Å². The van der Waals surface area contributed by atoms with E-state index < -0.39 is 46.8 Å². The van der Waals surface area contributed by atoms with Gasteiger partial charge in [-0.2, -0.15) is 4.98 Å². The van der Waals surface area contributed by atoms with Gasteiger partial charge in [-0.3, -0.25) is 9.63 Å². The van der Waals surface area contributed by atoms with Crippen molar-refractivity contribution in [3.05, 3.63) is 47.8 Å². The molecule has 2 aliphatic heterocycles. The molecule has 2 aromatic rings. The van der Waals surface area contributed by atoms with Crippen molar-refractivity contribution in [3.8, 4) is 0 Å². The molecule has 1 amide bonds. The summed E-state index contributed by atoms with van der Waals surface area (Å²) in [7, 11) is 0. The van der Waals surface area contributed by atoms with Gasteiger partial charge in [-0.05, 0) is 24.1 Å². The lowest BCUT2D eigenvalue weighted by Gasteiger charge is -2.36. The van der Waals surface area contributed by atoms with Gasteiger partial charge in [0.15, 0.2) is 0 Å². The maximum absolute atomic E-state index is 15.0. The zero-order valence-corrected chi connectivity index (χ0v) is 17.5. The number of hydrogen-bond donors (Lipinski definition) is 0. The third-order valence-corrected chi connectivity index (χ3v) is 6.31. The van der Waals surface area contributed by atoms with Crippen molar-refractivity contribution in [1.82, 2.24) is 15.0 Å². The first-order valence-corrected chi connectivity index (χ1v) is 11.4. The van der Waals surface area contributed by atoms with E-state index in [1.807, 2.05) is 0 Å². The van der Waals surface area contributed by atoms with Crippen LogP contribution in [0.3, 0.4) is 0 Å². The molecule has 2 fully saturated rings. The van der Waals surface area contributed by atoms with E-state index in [4.69, 9.17) is 4.84 Å². The van der Waals surface area contributed by atoms with Gasteiger partial charge in [0.05, 0.1) is 31.2 Å². The maximum Gasteiger partial charge on any atom is 0.252 e. The Kier molecular flexibility index (Phi) is 6.35. The van der Waals surface area contributed by atoms with Crippen LogP contribution in [0.4, 0.5) is 19.0 Å². The molecule has 11 heteroatoms. The number of hydrogen-bond acceptors (Lipinski definition) is 6. The number of hydroxylamine groups is 2. The molecule has 4 atom stereocenters. The lowest BCUT2D eigenvalue weighted by Crippen LogP contribution is -2.49. The molecule has 2 aliphatic rings. The zero-order valence-electron chi connectivity index (χ0n) is 16.7. The van der Waals surface area contributed by atoms with Crippen molar-refractivity contribution in [1.29, 1.82) is 0 Å². The molecule has 166 valence electrons. The minimum absolute atomic E-state index is 0.0731. The summed E-state index contributed by atoms with van der Waals surface area (Å²) in [6.07, 6.45) is 1.84. The van der Waals surface area contributed by atoms with Crippen LogP contribution < -0.4 is 4.90 Å². The number of anilines is 1. The van der Waals surface area contributed by atoms with Crippen molar-refractivity contribution in [2.45, 2.75) is 30.1 Å². The van der Waals surface area contributed by atoms with Gasteiger partial charge in [0.2, 0.25) is 5.03 Å². The van der Waals surface area contributed by atoms with Gasteiger partial charge in [0.1, 0.15) is 36.2 Å². The molecule has 0 spiro atoms. The maximum atomic E-state index is 15.0. The monoisotopic (exact) mass is 454 g/mol. The molecule has 0 aliphatic carbocycles. The molecule has 7 nitrogen and oxygen atoms in total. The van der Waals surface area contributed by atoms with E-state index >= 15 is 4.39 Å². The second-order valence-corrected chi connectivity index (χ2v) is 8.86. The van der Waals surface area contributed by atoms with E-state index in [2.05, 4.69) is 9.97 Å². The molecule has 0 radical (unpaired) electrons. The average Bonchev–Trinajstić information content (AvgIpc) is 3.22. The number of aromatic nitrogens is 2. The first-order chi connectivity index (χ1) is 14.8. The summed E-state index contributed by atoms with van der Waals surface area (Å²) in [5, 5.41) is 1.40. The summed E-state index contributed by atoms with van der Waals surface area (Å²) in [5.41, 5.74) is 0.275. The average molecular weight is 454 g/mol. The van der Waals surface area contributed by atoms with Gasteiger partial charge in [0, 0.05) is 30.2 Å². The van der Waals surface area contributed by atoms with Gasteiger partial charge in [0.25, 0.3) is 5.91 Å². The molecule has 1 unspecified atom stereocenters. The number of alkyl halides is 1. The van der Waals surface area contributed by atoms with Crippen LogP contribution in [0, 0.1) is 17.6 Å². The van der Waals surface area contributed by atoms with E-state index in [1.165, 1.54) is 12.6 Å². The van der Waals surface area contributed by atoms with Gasteiger partial charge < -0.3 is 9.45 Å². The van der Waals surface area contributed by atoms with Crippen LogP contribution in [-0.4, -0.2) is 57.6 Å². The Morgan fingerprint density at radius 3 is 2.61 bits per heavy atom. The van der Waals surface area contributed by atoms with E-state index in [0.29, 0.717) is 23.8 Å². The Labute approximate surface area is 180 Å². The van der Waals surface area contributed by atoms with Crippen molar-refractivity contribution in [2.75, 3.05) is 30.9 Å². The number of carbonyl (C=O) groups excluding carboxylic acids is 1. The fourth-order valence-corrected chi connectivity index (χ4v) is 4.44. The second kappa shape index (κ2) is 9.01. The summed E-state index contributed by atoms with van der Waals surface area (Å²) >= 11 is -1.30. The smallest absolute Gasteiger partial charge is 0.252 e. The van der Waals surface area contributed by atoms with Crippen molar-refractivity contribution in [2.24, 2.45) is 5.92 Å². The molecule has 0 saturated carbocycles. The molecule has 4 rings (SSSR count). The Morgan fingerprint density at radius 1 is 1.19 bits per heavy atom. The fourth-order valence-electron chi connectivity index (χ4n) is 3.97. The topological polar surface area (TPSA) is 81.6 Å². The Hall–Kier alpha value is -2.37. The Balaban J connectivity index is 1.47. The normalized spacial score (nSPS) is 25.0. The molecular weight excluding hydrogens is 433 g/mol. The van der Waals surface area contributed by atoms with Crippen molar-refractivity contribution >= 4 is 22.9 Å². The second-order valence-electron chi connectivity index (χ2n) is 7.53. The summed E-state index contributed by atoms with van der Waals surface area (Å²) < 4.78 is 53.9. The number of amides is 1. The third-order valence-electron chi connectivity index (χ3n) is 5.50. The molecule has 31 heavy (non-hydrogen) atoms. The molecule has 3 heterocycles. The fraction of sp³-hybridized carbons (Fsp3) is 0.450. The lowest BCUT2D eigenvalue weighted by atomic mass is 9.93. The lowest BCUT2D eigenvalue weighted by molar-refractivity contribution is -0.184. The standard InChI is InChI=1S/C20H21F3N4O3S/c1-31(29)19-9-18(24-11-25-19)26-4-2-15(16(23)10-26)20(28)27-17(3-5-30-27)12-6-13(21)8-14(22)7-12/h6-9,11,15-17H,2-5,10H2,1H3/t15-,16+,17-,31?/m1/s1. The Morgan fingerprint density at radius 2 is 1.94 bits per heavy atom. The molecule has 2 saturated heterocycles. The summed E-state index contributed by atoms with van der Waals surface area (Å²) in [4.78, 5) is 28.2. The first kappa shape index (κ1) is 21.8. The molecular formula is C20H21F3N4O3S. The van der Waals surface area contributed by atoms with Gasteiger partial charge >= 0.3 is 0 Å². The first-order valence-electron chi connectivity index (χ1n) is 9.80. The predicted molar refractivity (Wildman–Crippen MR) is 106 cm³/mol. The number of rotatable bonds is 4. The quantitative estimate of drug-likeness (QED) is 0.522. The highest BCUT2D eigenvalue weighted by Crippen LogP contribution is 2.35. The summed E-state index contributed by atoms with van der Waals surface area (Å²) in [6.45, 7) is 0.481. The predicted octanol–water partition coefficient (Wildman–Crippen LogP) is 2.56. The number of halogens is 3. The van der Waals surface area contributed by atoms with Crippen LogP contribution in [0.15, 0.2) is 35.6 Å². The van der Waals surface area contributed by atoms with Crippen molar-refractivity contribution < 1.29 is 27.4 Å². The van der Waals surface area contributed by atoms with E-state index in [0.717, 1.165) is 23.3 Å². The minimum atomic E-state index is -1.50. The van der Waals surface area contributed by atoms with E-state index in [1.54, 1.807) is 11.0 Å². The largest absolute Gasteiger partial charge is 0.610 e. The summed E-state index contributed by atoms with van der Waals surface area (Å²) in [5.74, 6) is -2.54. The number of nitrogens with zero attached hydrogens (tertiary/aromatic N) is 4. The van der Waals surface area contributed by atoms with Gasteiger partial charge in [-0.25, -0.2) is 23.2 Å². The molecule has 1 aromatic carbocycles. The highest BCUT2D eigenvalue weighted by molar-refractivity contribution is 7.90. The zero-order chi connectivity index (χ0) is 22.1. The van der Waals surface area contributed by atoms with Crippen LogP contribution in [0.5, 0.6) is 0 Å². The van der Waals surface area contributed by atoms with E-state index in [-0.39, 0.29) is 25.1 Å². The van der Waals surface area contributed by atoms with Crippen LogP contribution in [0.2, 0.25) is 0 Å². The number of carbonyl (C=O) groups is 1. The summed E-state index contributed by atoms with van der Waals surface area (Å²) in [6, 6.07) is 3.94. The number of benzene rings is 1. The molecule has 1 aromatic heterocycles. The highest BCUT2D eigenvalue weighted by Gasteiger charge is 2.42. The SMILES string of the molecule is C[S+]([O-])c1cc(N2CC[C@@H](C(=O)N3OCC[C@@H]3c3cc(F)cc(F)c3)[C@@H](F)C2)ncn1. The van der Waals surface area contributed by atoms with Crippen LogP contribution in [0.25, 0.3) is 0 Å². The Bertz CT molecular complexity index is 947. The van der Waals surface area contributed by atoms with Gasteiger partial charge in [-0.1, -0.05) is 0 Å². The molecule has 0 bridgehead atoms. The van der Waals surface area contributed by atoms with E-state index in [9.17, 15) is 18.1 Å². The van der Waals surface area contributed by atoms with Crippen LogP contribution >= 0.6 is 0 Å². The van der Waals surface area contributed by atoms with Crippen molar-refractivity contribution in [3.63, 3.8) is 0 Å². The molecule has 0 N–H and O–H groups in total. The minimum Gasteiger partial charge on any atom is -0.610 e.